The number of halogens is 1. The van der Waals surface area contributed by atoms with Crippen LogP contribution in [0.3, 0.4) is 0 Å². The fourth-order valence-electron chi connectivity index (χ4n) is 3.70. The number of pyridine rings is 1. The van der Waals surface area contributed by atoms with Gasteiger partial charge >= 0.3 is 0 Å². The van der Waals surface area contributed by atoms with Crippen LogP contribution in [0.15, 0.2) is 78.9 Å². The minimum Gasteiger partial charge on any atom is -0.327 e. The highest BCUT2D eigenvalue weighted by atomic mass is 79.9. The van der Waals surface area contributed by atoms with Gasteiger partial charge in [0.15, 0.2) is 0 Å². The van der Waals surface area contributed by atoms with E-state index in [0.29, 0.717) is 0 Å². The Hall–Kier alpha value is -2.98. The van der Waals surface area contributed by atoms with Crippen LogP contribution in [-0.2, 0) is 7.05 Å². The van der Waals surface area contributed by atoms with Crippen molar-refractivity contribution in [3.63, 3.8) is 0 Å². The summed E-state index contributed by atoms with van der Waals surface area (Å²) in [5.74, 6) is 0.962. The second kappa shape index (κ2) is 7.21. The summed E-state index contributed by atoms with van der Waals surface area (Å²) in [5, 5.41) is 1.12. The third-order valence-corrected chi connectivity index (χ3v) is 5.06. The van der Waals surface area contributed by atoms with Crippen molar-refractivity contribution >= 4 is 38.9 Å². The molecule has 3 nitrogen and oxygen atoms in total. The van der Waals surface area contributed by atoms with E-state index in [-0.39, 0.29) is 17.0 Å². The molecule has 3 aromatic carbocycles. The van der Waals surface area contributed by atoms with Crippen molar-refractivity contribution in [3.8, 4) is 22.6 Å². The molecule has 0 saturated heterocycles. The van der Waals surface area contributed by atoms with Crippen molar-refractivity contribution in [2.45, 2.75) is 6.92 Å². The Morgan fingerprint density at radius 3 is 2.29 bits per heavy atom. The Balaban J connectivity index is 0.00000192. The van der Waals surface area contributed by atoms with Crippen LogP contribution in [0.25, 0.3) is 44.6 Å². The Morgan fingerprint density at radius 1 is 0.750 bits per heavy atom. The fourth-order valence-corrected chi connectivity index (χ4v) is 3.70. The lowest BCUT2D eigenvalue weighted by atomic mass is 10.0. The lowest BCUT2D eigenvalue weighted by Gasteiger charge is -2.10. The first-order valence-electron chi connectivity index (χ1n) is 9.09. The van der Waals surface area contributed by atoms with E-state index >= 15 is 0 Å². The average molecular weight is 430 g/mol. The first-order valence-corrected chi connectivity index (χ1v) is 9.09. The SMILES string of the molecule is Br.Cc1cccc(-c2cc(-c3nc4ccccc4n3C)c3ccccc3n2)c1. The van der Waals surface area contributed by atoms with Crippen LogP contribution in [0.1, 0.15) is 5.56 Å². The van der Waals surface area contributed by atoms with E-state index in [0.717, 1.165) is 44.6 Å². The van der Waals surface area contributed by atoms with Gasteiger partial charge in [-0.1, -0.05) is 54.1 Å². The average Bonchev–Trinajstić information content (AvgIpc) is 3.04. The monoisotopic (exact) mass is 429 g/mol. The lowest BCUT2D eigenvalue weighted by Crippen LogP contribution is -1.96. The number of aryl methyl sites for hydroxylation is 2. The van der Waals surface area contributed by atoms with Crippen molar-refractivity contribution in [3.05, 3.63) is 84.4 Å². The maximum Gasteiger partial charge on any atom is 0.141 e. The smallest absolute Gasteiger partial charge is 0.141 e. The number of rotatable bonds is 2. The zero-order valence-corrected chi connectivity index (χ0v) is 17.5. The summed E-state index contributed by atoms with van der Waals surface area (Å²) in [6, 6.07) is 27.2. The van der Waals surface area contributed by atoms with Crippen LogP contribution < -0.4 is 0 Å². The molecule has 2 aromatic heterocycles. The predicted octanol–water partition coefficient (Wildman–Crippen LogP) is 6.34. The summed E-state index contributed by atoms with van der Waals surface area (Å²) in [6.07, 6.45) is 0. The molecule has 0 amide bonds. The van der Waals surface area contributed by atoms with Gasteiger partial charge < -0.3 is 4.57 Å². The van der Waals surface area contributed by atoms with Gasteiger partial charge in [0.1, 0.15) is 5.82 Å². The number of benzene rings is 3. The van der Waals surface area contributed by atoms with Gasteiger partial charge in [0.05, 0.1) is 22.2 Å². The molecule has 0 unspecified atom stereocenters. The van der Waals surface area contributed by atoms with Gasteiger partial charge in [-0.25, -0.2) is 9.97 Å². The molecule has 138 valence electrons. The topological polar surface area (TPSA) is 30.7 Å². The zero-order chi connectivity index (χ0) is 18.4. The molecule has 28 heavy (non-hydrogen) atoms. The molecule has 0 spiro atoms. The van der Waals surface area contributed by atoms with Gasteiger partial charge in [0.2, 0.25) is 0 Å². The summed E-state index contributed by atoms with van der Waals surface area (Å²) in [4.78, 5) is 9.84. The van der Waals surface area contributed by atoms with Crippen LogP contribution in [0.4, 0.5) is 0 Å². The molecule has 5 aromatic rings. The first-order chi connectivity index (χ1) is 13.2. The summed E-state index contributed by atoms with van der Waals surface area (Å²) in [7, 11) is 2.08. The number of hydrogen-bond donors (Lipinski definition) is 0. The summed E-state index contributed by atoms with van der Waals surface area (Å²) in [5.41, 5.74) is 7.56. The maximum atomic E-state index is 4.92. The molecule has 0 aliphatic heterocycles. The highest BCUT2D eigenvalue weighted by Crippen LogP contribution is 2.33. The molecule has 5 rings (SSSR count). The van der Waals surface area contributed by atoms with E-state index in [2.05, 4.69) is 85.3 Å². The molecule has 0 aliphatic rings. The van der Waals surface area contributed by atoms with Gasteiger partial charge in [0.25, 0.3) is 0 Å². The predicted molar refractivity (Wildman–Crippen MR) is 122 cm³/mol. The summed E-state index contributed by atoms with van der Waals surface area (Å²) in [6.45, 7) is 2.11. The molecular weight excluding hydrogens is 410 g/mol. The highest BCUT2D eigenvalue weighted by molar-refractivity contribution is 8.93. The number of nitrogens with zero attached hydrogens (tertiary/aromatic N) is 3. The number of aromatic nitrogens is 3. The van der Waals surface area contributed by atoms with E-state index in [9.17, 15) is 0 Å². The minimum atomic E-state index is 0. The molecule has 0 atom stereocenters. The van der Waals surface area contributed by atoms with E-state index in [4.69, 9.17) is 9.97 Å². The first kappa shape index (κ1) is 18.4. The Morgan fingerprint density at radius 2 is 1.50 bits per heavy atom. The quantitative estimate of drug-likeness (QED) is 0.327. The molecule has 4 heteroatoms. The van der Waals surface area contributed by atoms with Crippen LogP contribution in [0, 0.1) is 6.92 Å². The van der Waals surface area contributed by atoms with Gasteiger partial charge in [-0.3, -0.25) is 0 Å². The molecule has 0 saturated carbocycles. The van der Waals surface area contributed by atoms with E-state index in [1.165, 1.54) is 5.56 Å². The second-order valence-electron chi connectivity index (χ2n) is 6.92. The molecule has 0 bridgehead atoms. The van der Waals surface area contributed by atoms with Crippen LogP contribution in [-0.4, -0.2) is 14.5 Å². The van der Waals surface area contributed by atoms with E-state index in [1.54, 1.807) is 0 Å². The number of imidazole rings is 1. The van der Waals surface area contributed by atoms with E-state index in [1.807, 2.05) is 12.1 Å². The van der Waals surface area contributed by atoms with Crippen LogP contribution >= 0.6 is 17.0 Å². The molecule has 0 N–H and O–H groups in total. The number of para-hydroxylation sites is 3. The third-order valence-electron chi connectivity index (χ3n) is 5.06. The fraction of sp³-hybridized carbons (Fsp3) is 0.0833. The standard InChI is InChI=1S/C24H19N3.BrH/c1-16-8-7-9-17(14-16)22-15-19(18-10-3-4-11-20(18)25-22)24-26-21-12-5-6-13-23(21)27(24)2;/h3-15H,1-2H3;1H. The van der Waals surface area contributed by atoms with Crippen LogP contribution in [0.5, 0.6) is 0 Å². The number of fused-ring (bicyclic) bond motifs is 2. The van der Waals surface area contributed by atoms with Crippen molar-refractivity contribution < 1.29 is 0 Å². The van der Waals surface area contributed by atoms with Crippen LogP contribution in [0.2, 0.25) is 0 Å². The maximum absolute atomic E-state index is 4.92. The van der Waals surface area contributed by atoms with Gasteiger partial charge in [0, 0.05) is 23.6 Å². The highest BCUT2D eigenvalue weighted by Gasteiger charge is 2.15. The zero-order valence-electron chi connectivity index (χ0n) is 15.8. The molecule has 0 aliphatic carbocycles. The molecular formula is C24H20BrN3. The Bertz CT molecular complexity index is 1300. The van der Waals surface area contributed by atoms with Gasteiger partial charge in [-0.15, -0.1) is 17.0 Å². The Kier molecular flexibility index (Phi) is 4.73. The normalized spacial score (nSPS) is 10.9. The van der Waals surface area contributed by atoms with Crippen molar-refractivity contribution in [1.82, 2.24) is 14.5 Å². The van der Waals surface area contributed by atoms with Crippen molar-refractivity contribution in [2.75, 3.05) is 0 Å². The largest absolute Gasteiger partial charge is 0.327 e. The van der Waals surface area contributed by atoms with Gasteiger partial charge in [-0.2, -0.15) is 0 Å². The van der Waals surface area contributed by atoms with Gasteiger partial charge in [-0.05, 0) is 37.3 Å². The lowest BCUT2D eigenvalue weighted by molar-refractivity contribution is 0.960. The summed E-state index contributed by atoms with van der Waals surface area (Å²) >= 11 is 0. The summed E-state index contributed by atoms with van der Waals surface area (Å²) < 4.78 is 2.16. The third kappa shape index (κ3) is 3.00. The number of hydrogen-bond acceptors (Lipinski definition) is 2. The van der Waals surface area contributed by atoms with Crippen molar-refractivity contribution in [1.29, 1.82) is 0 Å². The molecule has 0 fully saturated rings. The van der Waals surface area contributed by atoms with E-state index < -0.39 is 0 Å². The van der Waals surface area contributed by atoms with Crippen molar-refractivity contribution in [2.24, 2.45) is 7.05 Å². The Labute approximate surface area is 174 Å². The molecule has 0 radical (unpaired) electrons. The second-order valence-corrected chi connectivity index (χ2v) is 6.92. The molecule has 2 heterocycles. The minimum absolute atomic E-state index is 0.